The van der Waals surface area contributed by atoms with E-state index >= 15 is 0 Å². The van der Waals surface area contributed by atoms with E-state index in [1.807, 2.05) is 126 Å². The van der Waals surface area contributed by atoms with Gasteiger partial charge in [-0.2, -0.15) is 5.10 Å². The number of aromatic hydroxyl groups is 1. The molecule has 0 aliphatic carbocycles. The first-order valence-corrected chi connectivity index (χ1v) is 26.9. The zero-order valence-corrected chi connectivity index (χ0v) is 45.2. The SMILES string of the molecule is Cc1cc(-c2ccc(CCc3ccc(OC4CCN(C(=O)CCOCCN[C@H](C(=O)N5C[C@H](O)C[C@H]5C(=O)NCc5ccc(-c6scnc6C)cc5)C(C)(C)C)CC4)cc3)c(-c3ccc(Cl)c(C)c3)c2O)n(C)n1. The fraction of sp³-hybridized carbons (Fsp3) is 0.431. The van der Waals surface area contributed by atoms with Crippen LogP contribution in [0.1, 0.15) is 80.1 Å². The summed E-state index contributed by atoms with van der Waals surface area (Å²) in [5.41, 5.74) is 11.6. The van der Waals surface area contributed by atoms with E-state index in [1.165, 1.54) is 4.90 Å². The van der Waals surface area contributed by atoms with Crippen LogP contribution in [0.3, 0.4) is 0 Å². The standard InChI is InChI=1S/C58H70ClN7O7S/c1-36-30-43(17-21-48(36)59)52-41(16-20-47(53(52)69)49-31-37(2)63-64(49)7)13-8-39-11-18-45(19-12-39)73-46-22-26-65(27-23-46)51(68)24-28-72-29-25-60-55(58(4,5)6)57(71)66-34-44(67)32-50(66)56(70)61-33-40-9-14-42(15-10-40)54-38(3)62-35-74-54/h9-12,14-21,30-31,35,44,46,50,55,60,67,69H,8,13,22-29,32-34H2,1-7H3,(H,61,70)/t44-,50+,55-/m1/s1. The van der Waals surface area contributed by atoms with Crippen molar-refractivity contribution in [2.45, 2.75) is 111 Å². The molecule has 2 fully saturated rings. The molecule has 4 N–H and O–H groups in total. The van der Waals surface area contributed by atoms with Crippen LogP contribution in [0.15, 0.2) is 90.4 Å². The van der Waals surface area contributed by atoms with Gasteiger partial charge in [0, 0.05) is 75.2 Å². The van der Waals surface area contributed by atoms with Gasteiger partial charge in [-0.15, -0.1) is 11.3 Å². The average Bonchev–Trinajstić information content (AvgIpc) is 4.10. The van der Waals surface area contributed by atoms with Gasteiger partial charge in [0.25, 0.3) is 0 Å². The van der Waals surface area contributed by atoms with Crippen molar-refractivity contribution < 1.29 is 34.1 Å². The molecule has 0 spiro atoms. The molecule has 3 atom stereocenters. The van der Waals surface area contributed by atoms with E-state index in [-0.39, 0.29) is 55.6 Å². The number of benzene rings is 4. The van der Waals surface area contributed by atoms with Gasteiger partial charge in [-0.05, 0) is 109 Å². The van der Waals surface area contributed by atoms with Crippen molar-refractivity contribution in [3.63, 3.8) is 0 Å². The summed E-state index contributed by atoms with van der Waals surface area (Å²) in [6.45, 7) is 14.3. The van der Waals surface area contributed by atoms with Crippen LogP contribution < -0.4 is 15.4 Å². The number of rotatable bonds is 19. The van der Waals surface area contributed by atoms with Crippen molar-refractivity contribution in [3.8, 4) is 44.3 Å². The van der Waals surface area contributed by atoms with Gasteiger partial charge in [0.05, 0.1) is 59.2 Å². The number of carbonyl (C=O) groups is 3. The number of aromatic nitrogens is 3. The Kier molecular flexibility index (Phi) is 17.6. The van der Waals surface area contributed by atoms with Gasteiger partial charge in [-0.3, -0.25) is 19.1 Å². The summed E-state index contributed by atoms with van der Waals surface area (Å²) in [7, 11) is 1.88. The van der Waals surface area contributed by atoms with Crippen LogP contribution in [0.4, 0.5) is 0 Å². The fourth-order valence-corrected chi connectivity index (χ4v) is 11.0. The number of aliphatic hydroxyl groups excluding tert-OH is 1. The summed E-state index contributed by atoms with van der Waals surface area (Å²) in [6, 6.07) is 26.7. The molecule has 0 bridgehead atoms. The highest BCUT2D eigenvalue weighted by Crippen LogP contribution is 2.42. The Bertz CT molecular complexity index is 2910. The number of carbonyl (C=O) groups excluding carboxylic acids is 3. The second-order valence-electron chi connectivity index (χ2n) is 20.8. The first-order valence-electron chi connectivity index (χ1n) is 25.7. The van der Waals surface area contributed by atoms with Crippen molar-refractivity contribution in [2.24, 2.45) is 12.5 Å². The van der Waals surface area contributed by atoms with E-state index in [9.17, 15) is 24.6 Å². The van der Waals surface area contributed by atoms with E-state index < -0.39 is 23.6 Å². The molecule has 2 aliphatic rings. The third kappa shape index (κ3) is 13.2. The number of amides is 3. The summed E-state index contributed by atoms with van der Waals surface area (Å²) in [5.74, 6) is 0.506. The summed E-state index contributed by atoms with van der Waals surface area (Å²) < 4.78 is 14.1. The van der Waals surface area contributed by atoms with Gasteiger partial charge < -0.3 is 40.1 Å². The maximum atomic E-state index is 14.1. The topological polar surface area (TPSA) is 171 Å². The van der Waals surface area contributed by atoms with Gasteiger partial charge in [-0.1, -0.05) is 80.9 Å². The number of phenolic OH excluding ortho intramolecular Hbond substituents is 1. The first-order chi connectivity index (χ1) is 35.4. The molecule has 74 heavy (non-hydrogen) atoms. The molecule has 14 nitrogen and oxygen atoms in total. The number of nitrogens with one attached hydrogen (secondary N) is 2. The number of nitrogens with zero attached hydrogens (tertiary/aromatic N) is 5. The molecule has 8 rings (SSSR count). The number of thiazole rings is 1. The molecule has 4 heterocycles. The summed E-state index contributed by atoms with van der Waals surface area (Å²) in [4.78, 5) is 49.6. The highest BCUT2D eigenvalue weighted by molar-refractivity contribution is 7.13. The Labute approximate surface area is 444 Å². The number of halogens is 1. The molecular weight excluding hydrogens is 974 g/mol. The second kappa shape index (κ2) is 24.1. The van der Waals surface area contributed by atoms with Gasteiger partial charge in [0.1, 0.15) is 23.6 Å². The highest BCUT2D eigenvalue weighted by atomic mass is 35.5. The molecule has 0 unspecified atom stereocenters. The first kappa shape index (κ1) is 54.2. The Morgan fingerprint density at radius 3 is 2.28 bits per heavy atom. The third-order valence-corrected chi connectivity index (χ3v) is 15.6. The molecule has 0 radical (unpaired) electrons. The number of likely N-dealkylation sites (tertiary alicyclic amines) is 2. The fourth-order valence-electron chi connectivity index (χ4n) is 10.1. The summed E-state index contributed by atoms with van der Waals surface area (Å²) >= 11 is 7.99. The quantitative estimate of drug-likeness (QED) is 0.0574. The number of aliphatic hydroxyl groups is 1. The predicted octanol–water partition coefficient (Wildman–Crippen LogP) is 9.01. The van der Waals surface area contributed by atoms with Crippen LogP contribution in [0.5, 0.6) is 11.5 Å². The van der Waals surface area contributed by atoms with Crippen LogP contribution in [0.25, 0.3) is 32.8 Å². The molecule has 2 aromatic heterocycles. The number of phenols is 1. The van der Waals surface area contributed by atoms with Gasteiger partial charge in [0.15, 0.2) is 0 Å². The summed E-state index contributed by atoms with van der Waals surface area (Å²) in [5, 5.41) is 33.9. The zero-order valence-electron chi connectivity index (χ0n) is 43.6. The minimum Gasteiger partial charge on any atom is -0.507 e. The second-order valence-corrected chi connectivity index (χ2v) is 22.1. The van der Waals surface area contributed by atoms with Crippen molar-refractivity contribution in [3.05, 3.63) is 129 Å². The van der Waals surface area contributed by atoms with Crippen molar-refractivity contribution >= 4 is 40.7 Å². The molecule has 4 aromatic carbocycles. The molecule has 2 saturated heterocycles. The van der Waals surface area contributed by atoms with Crippen molar-refractivity contribution in [1.29, 1.82) is 0 Å². The molecule has 6 aromatic rings. The number of hydrogen-bond acceptors (Lipinski definition) is 11. The maximum Gasteiger partial charge on any atom is 0.243 e. The lowest BCUT2D eigenvalue weighted by atomic mass is 9.85. The largest absolute Gasteiger partial charge is 0.507 e. The third-order valence-electron chi connectivity index (χ3n) is 14.2. The average molecular weight is 1040 g/mol. The Balaban J connectivity index is 0.750. The number of hydrogen-bond donors (Lipinski definition) is 4. The van der Waals surface area contributed by atoms with Crippen LogP contribution in [0.2, 0.25) is 5.02 Å². The lowest BCUT2D eigenvalue weighted by Crippen LogP contribution is -2.57. The van der Waals surface area contributed by atoms with E-state index in [0.29, 0.717) is 44.2 Å². The Morgan fingerprint density at radius 2 is 1.62 bits per heavy atom. The summed E-state index contributed by atoms with van der Waals surface area (Å²) in [6.07, 6.45) is 2.55. The van der Waals surface area contributed by atoms with Crippen LogP contribution in [-0.4, -0.2) is 116 Å². The smallest absolute Gasteiger partial charge is 0.243 e. The maximum absolute atomic E-state index is 14.1. The number of β-amino-alcohol motifs (C(OH)–C–C–N with tert-alkyl or cyclic N) is 1. The van der Waals surface area contributed by atoms with E-state index in [2.05, 4.69) is 38.9 Å². The normalized spacial score (nSPS) is 16.7. The van der Waals surface area contributed by atoms with Gasteiger partial charge >= 0.3 is 0 Å². The lowest BCUT2D eigenvalue weighted by Gasteiger charge is -2.35. The molecule has 392 valence electrons. The van der Waals surface area contributed by atoms with Crippen molar-refractivity contribution in [2.75, 3.05) is 39.4 Å². The lowest BCUT2D eigenvalue weighted by molar-refractivity contribution is -0.142. The van der Waals surface area contributed by atoms with Crippen molar-refractivity contribution in [1.82, 2.24) is 35.2 Å². The van der Waals surface area contributed by atoms with E-state index in [4.69, 9.17) is 21.1 Å². The van der Waals surface area contributed by atoms with Crippen LogP contribution in [0, 0.1) is 26.2 Å². The Morgan fingerprint density at radius 1 is 0.905 bits per heavy atom. The van der Waals surface area contributed by atoms with Crippen LogP contribution in [-0.2, 0) is 45.6 Å². The minimum absolute atomic E-state index is 0.00289. The molecular formula is C58H70ClN7O7S. The van der Waals surface area contributed by atoms with Crippen LogP contribution >= 0.6 is 22.9 Å². The molecule has 3 amide bonds. The number of ether oxygens (including phenoxy) is 2. The highest BCUT2D eigenvalue weighted by Gasteiger charge is 2.44. The predicted molar refractivity (Wildman–Crippen MR) is 291 cm³/mol. The van der Waals surface area contributed by atoms with Gasteiger partial charge in [-0.25, -0.2) is 4.98 Å². The monoisotopic (exact) mass is 1040 g/mol. The van der Waals surface area contributed by atoms with E-state index in [1.54, 1.807) is 16.0 Å². The van der Waals surface area contributed by atoms with Gasteiger partial charge in [0.2, 0.25) is 17.7 Å². The Hall–Kier alpha value is -6.10. The minimum atomic E-state index is -0.801. The zero-order chi connectivity index (χ0) is 52.7. The van der Waals surface area contributed by atoms with E-state index in [0.717, 1.165) is 91.5 Å². The molecule has 16 heteroatoms. The number of aryl methyl sites for hydroxylation is 6. The number of piperidine rings is 1. The molecule has 0 saturated carbocycles. The molecule has 2 aliphatic heterocycles.